The van der Waals surface area contributed by atoms with E-state index in [1.54, 1.807) is 0 Å². The molecule has 59 heavy (non-hydrogen) atoms. The molecular weight excluding hydrogens is 717 g/mol. The Hall–Kier alpha value is -7.95. The van der Waals surface area contributed by atoms with Gasteiger partial charge in [-0.15, -0.1) is 0 Å². The number of rotatable bonds is 4. The first-order valence-electron chi connectivity index (χ1n) is 20.2. The van der Waals surface area contributed by atoms with E-state index in [4.69, 9.17) is 4.98 Å². The Kier molecular flexibility index (Phi) is 6.69. The van der Waals surface area contributed by atoms with Gasteiger partial charge < -0.3 is 9.13 Å². The number of benzene rings is 10. The molecule has 3 aromatic heterocycles. The van der Waals surface area contributed by atoms with Crippen LogP contribution in [0.1, 0.15) is 0 Å². The van der Waals surface area contributed by atoms with Crippen molar-refractivity contribution >= 4 is 87.0 Å². The van der Waals surface area contributed by atoms with Crippen molar-refractivity contribution in [2.75, 3.05) is 0 Å². The second-order valence-corrected chi connectivity index (χ2v) is 15.5. The second kappa shape index (κ2) is 12.3. The number of fused-ring (bicyclic) bond motifs is 14. The number of imidazole rings is 1. The first kappa shape index (κ1) is 32.2. The molecule has 3 heterocycles. The van der Waals surface area contributed by atoms with Crippen molar-refractivity contribution in [3.8, 4) is 28.5 Å². The molecule has 0 unspecified atom stereocenters. The van der Waals surface area contributed by atoms with E-state index in [0.717, 1.165) is 44.9 Å². The van der Waals surface area contributed by atoms with Crippen molar-refractivity contribution in [2.45, 2.75) is 0 Å². The van der Waals surface area contributed by atoms with Crippen LogP contribution in [-0.4, -0.2) is 18.7 Å². The molecule has 0 spiro atoms. The SMILES string of the molecule is c1ccc(-n2c3ccccc3c3ccc4c5ccccc5n(-c5cccc(-n6c(-c7ccc8ccccc8c7)nc7c8ccccc8c8ccccc8c76)c5)c4c32)cc1. The first-order chi connectivity index (χ1) is 29.3. The Bertz CT molecular complexity index is 3840. The number of hydrogen-bond donors (Lipinski definition) is 0. The number of nitrogens with zero attached hydrogens (tertiary/aromatic N) is 4. The maximum atomic E-state index is 5.60. The molecule has 274 valence electrons. The molecular formula is C55H34N4. The van der Waals surface area contributed by atoms with Crippen molar-refractivity contribution in [2.24, 2.45) is 0 Å². The van der Waals surface area contributed by atoms with Crippen LogP contribution in [0.25, 0.3) is 115 Å². The fourth-order valence-electron chi connectivity index (χ4n) is 9.86. The second-order valence-electron chi connectivity index (χ2n) is 15.5. The minimum atomic E-state index is 0.915. The summed E-state index contributed by atoms with van der Waals surface area (Å²) in [6, 6.07) is 74.9. The number of para-hydroxylation sites is 3. The van der Waals surface area contributed by atoms with E-state index in [1.165, 1.54) is 70.5 Å². The molecule has 0 atom stereocenters. The minimum Gasteiger partial charge on any atom is -0.307 e. The van der Waals surface area contributed by atoms with E-state index in [1.807, 2.05) is 0 Å². The molecule has 0 N–H and O–H groups in total. The van der Waals surface area contributed by atoms with Crippen LogP contribution < -0.4 is 0 Å². The predicted molar refractivity (Wildman–Crippen MR) is 248 cm³/mol. The fourth-order valence-corrected chi connectivity index (χ4v) is 9.86. The fraction of sp³-hybridized carbons (Fsp3) is 0. The lowest BCUT2D eigenvalue weighted by atomic mass is 10.00. The summed E-state index contributed by atoms with van der Waals surface area (Å²) in [6.07, 6.45) is 0. The van der Waals surface area contributed by atoms with Gasteiger partial charge in [0.1, 0.15) is 5.82 Å². The Morgan fingerprint density at radius 3 is 1.47 bits per heavy atom. The molecule has 13 aromatic rings. The standard InChI is InChI=1S/C55H34N4/c1-2-17-38(18-3-1)57-49-27-12-10-23-43(49)47-31-32-48-44-24-11-13-28-50(44)58(54(48)53(47)57)39-19-14-20-40(34-39)59-52-46-26-9-7-22-42(46)41-21-6-8-25-45(41)51(52)56-55(59)37-30-29-35-15-4-5-16-36(35)33-37/h1-34H. The zero-order chi connectivity index (χ0) is 38.6. The van der Waals surface area contributed by atoms with Crippen LogP contribution >= 0.6 is 0 Å². The van der Waals surface area contributed by atoms with Gasteiger partial charge in [0, 0.05) is 54.9 Å². The molecule has 0 bridgehead atoms. The topological polar surface area (TPSA) is 27.7 Å². The molecule has 10 aromatic carbocycles. The lowest BCUT2D eigenvalue weighted by molar-refractivity contribution is 1.09. The Labute approximate surface area is 339 Å². The highest BCUT2D eigenvalue weighted by atomic mass is 15.1. The van der Waals surface area contributed by atoms with Crippen LogP contribution in [0.5, 0.6) is 0 Å². The molecule has 0 radical (unpaired) electrons. The van der Waals surface area contributed by atoms with Crippen LogP contribution in [0, 0.1) is 0 Å². The quantitative estimate of drug-likeness (QED) is 0.165. The van der Waals surface area contributed by atoms with Gasteiger partial charge in [-0.05, 0) is 70.1 Å². The minimum absolute atomic E-state index is 0.915. The maximum Gasteiger partial charge on any atom is 0.145 e. The highest BCUT2D eigenvalue weighted by molar-refractivity contribution is 6.25. The number of hydrogen-bond acceptors (Lipinski definition) is 1. The third kappa shape index (κ3) is 4.57. The van der Waals surface area contributed by atoms with Crippen molar-refractivity contribution in [1.82, 2.24) is 18.7 Å². The third-order valence-corrected chi connectivity index (χ3v) is 12.4. The normalized spacial score (nSPS) is 12.1. The van der Waals surface area contributed by atoms with Gasteiger partial charge in [-0.3, -0.25) is 4.57 Å². The highest BCUT2D eigenvalue weighted by Crippen LogP contribution is 2.43. The van der Waals surface area contributed by atoms with Gasteiger partial charge in [0.15, 0.2) is 0 Å². The molecule has 0 aliphatic carbocycles. The van der Waals surface area contributed by atoms with Gasteiger partial charge in [0.05, 0.1) is 33.1 Å². The summed E-state index contributed by atoms with van der Waals surface area (Å²) in [7, 11) is 0. The third-order valence-electron chi connectivity index (χ3n) is 12.4. The molecule has 13 rings (SSSR count). The smallest absolute Gasteiger partial charge is 0.145 e. The lowest BCUT2D eigenvalue weighted by Gasteiger charge is -2.16. The van der Waals surface area contributed by atoms with Crippen molar-refractivity contribution < 1.29 is 0 Å². The van der Waals surface area contributed by atoms with Crippen LogP contribution in [0.15, 0.2) is 206 Å². The van der Waals surface area contributed by atoms with Crippen molar-refractivity contribution in [3.05, 3.63) is 206 Å². The van der Waals surface area contributed by atoms with E-state index in [2.05, 4.69) is 220 Å². The zero-order valence-corrected chi connectivity index (χ0v) is 31.9. The summed E-state index contributed by atoms with van der Waals surface area (Å²) in [5.74, 6) is 0.915. The molecule has 0 saturated carbocycles. The monoisotopic (exact) mass is 750 g/mol. The number of aromatic nitrogens is 4. The van der Waals surface area contributed by atoms with Crippen LogP contribution in [0.3, 0.4) is 0 Å². The summed E-state index contributed by atoms with van der Waals surface area (Å²) in [6.45, 7) is 0. The van der Waals surface area contributed by atoms with Gasteiger partial charge in [-0.25, -0.2) is 4.98 Å². The molecule has 0 saturated heterocycles. The highest BCUT2D eigenvalue weighted by Gasteiger charge is 2.23. The van der Waals surface area contributed by atoms with E-state index < -0.39 is 0 Å². The molecule has 0 aliphatic heterocycles. The van der Waals surface area contributed by atoms with E-state index in [9.17, 15) is 0 Å². The van der Waals surface area contributed by atoms with Crippen molar-refractivity contribution in [3.63, 3.8) is 0 Å². The summed E-state index contributed by atoms with van der Waals surface area (Å²) in [5, 5.41) is 12.1. The first-order valence-corrected chi connectivity index (χ1v) is 20.2. The maximum absolute atomic E-state index is 5.60. The summed E-state index contributed by atoms with van der Waals surface area (Å²) in [4.78, 5) is 5.60. The van der Waals surface area contributed by atoms with E-state index in [-0.39, 0.29) is 0 Å². The van der Waals surface area contributed by atoms with Gasteiger partial charge in [-0.2, -0.15) is 0 Å². The Morgan fingerprint density at radius 1 is 0.288 bits per heavy atom. The predicted octanol–water partition coefficient (Wildman–Crippen LogP) is 14.3. The Morgan fingerprint density at radius 2 is 0.780 bits per heavy atom. The molecule has 0 amide bonds. The lowest BCUT2D eigenvalue weighted by Crippen LogP contribution is -2.02. The average molecular weight is 751 g/mol. The van der Waals surface area contributed by atoms with E-state index >= 15 is 0 Å². The van der Waals surface area contributed by atoms with Gasteiger partial charge in [-0.1, -0.05) is 158 Å². The Balaban J connectivity index is 1.16. The average Bonchev–Trinajstić information content (AvgIpc) is 3.98. The summed E-state index contributed by atoms with van der Waals surface area (Å²) >= 11 is 0. The van der Waals surface area contributed by atoms with E-state index in [0.29, 0.717) is 0 Å². The van der Waals surface area contributed by atoms with Crippen molar-refractivity contribution in [1.29, 1.82) is 0 Å². The van der Waals surface area contributed by atoms with Gasteiger partial charge in [0.25, 0.3) is 0 Å². The molecule has 0 fully saturated rings. The largest absolute Gasteiger partial charge is 0.307 e. The van der Waals surface area contributed by atoms with Gasteiger partial charge in [0.2, 0.25) is 0 Å². The van der Waals surface area contributed by atoms with Crippen LogP contribution in [-0.2, 0) is 0 Å². The molecule has 4 nitrogen and oxygen atoms in total. The summed E-state index contributed by atoms with van der Waals surface area (Å²) in [5.41, 5.74) is 11.2. The van der Waals surface area contributed by atoms with Crippen LogP contribution in [0.2, 0.25) is 0 Å². The molecule has 0 aliphatic rings. The zero-order valence-electron chi connectivity index (χ0n) is 31.9. The molecule has 4 heteroatoms. The summed E-state index contributed by atoms with van der Waals surface area (Å²) < 4.78 is 7.34. The van der Waals surface area contributed by atoms with Crippen LogP contribution in [0.4, 0.5) is 0 Å². The van der Waals surface area contributed by atoms with Gasteiger partial charge >= 0.3 is 0 Å².